The van der Waals surface area contributed by atoms with Crippen molar-refractivity contribution in [2.45, 2.75) is 75.3 Å². The molecule has 0 bridgehead atoms. The average molecular weight is 520 g/mol. The minimum Gasteiger partial charge on any atom is -0.370 e. The predicted octanol–water partition coefficient (Wildman–Crippen LogP) is 3.61. The van der Waals surface area contributed by atoms with E-state index in [0.29, 0.717) is 36.5 Å². The van der Waals surface area contributed by atoms with Crippen molar-refractivity contribution in [3.63, 3.8) is 0 Å². The van der Waals surface area contributed by atoms with E-state index in [1.165, 1.54) is 25.7 Å². The molecule has 1 heterocycles. The van der Waals surface area contributed by atoms with Gasteiger partial charge in [-0.1, -0.05) is 44.2 Å². The first-order valence-corrected chi connectivity index (χ1v) is 11.7. The zero-order valence-electron chi connectivity index (χ0n) is 16.5. The van der Waals surface area contributed by atoms with Crippen LogP contribution in [0.25, 0.3) is 0 Å². The number of hydrogen-bond acceptors (Lipinski definition) is 3. The molecule has 3 rings (SSSR count). The molecule has 1 aliphatic carbocycles. The molecule has 0 radical (unpaired) electrons. The minimum absolute atomic E-state index is 0. The third-order valence-electron chi connectivity index (χ3n) is 5.49. The quantitative estimate of drug-likeness (QED) is 0.269. The Bertz CT molecular complexity index is 740. The number of benzene rings is 1. The molecule has 1 aromatic carbocycles. The maximum Gasteiger partial charge on any atom is 0.243 e. The van der Waals surface area contributed by atoms with Gasteiger partial charge in [-0.05, 0) is 43.4 Å². The molecule has 0 aromatic heterocycles. The third-order valence-corrected chi connectivity index (χ3v) is 7.39. The van der Waals surface area contributed by atoms with Crippen LogP contribution in [0.5, 0.6) is 0 Å². The van der Waals surface area contributed by atoms with E-state index in [4.69, 9.17) is 5.73 Å². The molecule has 3 N–H and O–H groups in total. The lowest BCUT2D eigenvalue weighted by Crippen LogP contribution is -2.39. The summed E-state index contributed by atoms with van der Waals surface area (Å²) in [6.07, 6.45) is 10.3. The van der Waals surface area contributed by atoms with Crippen LogP contribution in [0, 0.1) is 0 Å². The van der Waals surface area contributed by atoms with Crippen molar-refractivity contribution in [2.24, 2.45) is 10.7 Å². The van der Waals surface area contributed by atoms with Gasteiger partial charge in [0.2, 0.25) is 10.0 Å². The summed E-state index contributed by atoms with van der Waals surface area (Å²) in [7, 11) is -3.41. The van der Waals surface area contributed by atoms with Gasteiger partial charge >= 0.3 is 0 Å². The van der Waals surface area contributed by atoms with Crippen molar-refractivity contribution in [1.29, 1.82) is 0 Å². The number of aliphatic imine (C=N–C) groups is 1. The van der Waals surface area contributed by atoms with Crippen LogP contribution >= 0.6 is 24.0 Å². The highest BCUT2D eigenvalue weighted by atomic mass is 127. The van der Waals surface area contributed by atoms with E-state index in [0.717, 1.165) is 37.7 Å². The van der Waals surface area contributed by atoms with Crippen LogP contribution in [0.2, 0.25) is 0 Å². The summed E-state index contributed by atoms with van der Waals surface area (Å²) >= 11 is 0. The number of nitrogens with zero attached hydrogens (tertiary/aromatic N) is 2. The van der Waals surface area contributed by atoms with Crippen molar-refractivity contribution in [3.8, 4) is 0 Å². The van der Waals surface area contributed by atoms with Crippen LogP contribution in [0.3, 0.4) is 0 Å². The third kappa shape index (κ3) is 6.59. The van der Waals surface area contributed by atoms with E-state index < -0.39 is 10.0 Å². The zero-order chi connectivity index (χ0) is 19.1. The van der Waals surface area contributed by atoms with Gasteiger partial charge in [-0.3, -0.25) is 0 Å². The summed E-state index contributed by atoms with van der Waals surface area (Å²) in [5, 5.41) is 3.33. The van der Waals surface area contributed by atoms with Crippen molar-refractivity contribution >= 4 is 40.0 Å². The highest BCUT2D eigenvalue weighted by Gasteiger charge is 2.25. The van der Waals surface area contributed by atoms with Gasteiger partial charge in [-0.25, -0.2) is 13.4 Å². The molecule has 158 valence electrons. The Balaban J connectivity index is 0.00000280. The first-order chi connectivity index (χ1) is 13.1. The Kier molecular flexibility index (Phi) is 9.49. The van der Waals surface area contributed by atoms with Gasteiger partial charge in [0.15, 0.2) is 5.96 Å². The second kappa shape index (κ2) is 11.3. The Hall–Kier alpha value is -0.870. The molecule has 1 saturated heterocycles. The number of guanidine groups is 1. The van der Waals surface area contributed by atoms with Gasteiger partial charge in [-0.2, -0.15) is 4.31 Å². The number of rotatable bonds is 5. The van der Waals surface area contributed by atoms with Crippen molar-refractivity contribution < 1.29 is 8.42 Å². The molecule has 2 fully saturated rings. The van der Waals surface area contributed by atoms with Gasteiger partial charge in [0.1, 0.15) is 0 Å². The summed E-state index contributed by atoms with van der Waals surface area (Å²) in [5.41, 5.74) is 6.92. The molecular formula is C20H33IN4O2S. The monoisotopic (exact) mass is 520 g/mol. The fraction of sp³-hybridized carbons (Fsp3) is 0.650. The molecule has 0 amide bonds. The molecular weight excluding hydrogens is 487 g/mol. The maximum absolute atomic E-state index is 12.8. The summed E-state index contributed by atoms with van der Waals surface area (Å²) in [5.74, 6) is 0.450. The van der Waals surface area contributed by atoms with Gasteiger partial charge in [0.25, 0.3) is 0 Å². The summed E-state index contributed by atoms with van der Waals surface area (Å²) < 4.78 is 27.2. The molecule has 1 aromatic rings. The minimum atomic E-state index is -3.41. The van der Waals surface area contributed by atoms with Gasteiger partial charge in [0, 0.05) is 19.1 Å². The van der Waals surface area contributed by atoms with E-state index in [-0.39, 0.29) is 24.0 Å². The van der Waals surface area contributed by atoms with Gasteiger partial charge in [-0.15, -0.1) is 24.0 Å². The van der Waals surface area contributed by atoms with Crippen molar-refractivity contribution in [2.75, 3.05) is 13.1 Å². The lowest BCUT2D eigenvalue weighted by atomic mass is 10.1. The first kappa shape index (κ1) is 23.4. The van der Waals surface area contributed by atoms with E-state index in [1.54, 1.807) is 22.5 Å². The Morgan fingerprint density at radius 3 is 2.39 bits per heavy atom. The smallest absolute Gasteiger partial charge is 0.243 e. The fourth-order valence-corrected chi connectivity index (χ4v) is 5.50. The molecule has 2 aliphatic rings. The van der Waals surface area contributed by atoms with Crippen LogP contribution in [-0.2, 0) is 16.6 Å². The SMILES string of the molecule is I.NC(=NCc1cccc(S(=O)(=O)N2CCCCC2)c1)NC1CCCCCC1. The van der Waals surface area contributed by atoms with Crippen LogP contribution < -0.4 is 11.1 Å². The van der Waals surface area contributed by atoms with E-state index >= 15 is 0 Å². The zero-order valence-corrected chi connectivity index (χ0v) is 19.6. The molecule has 1 saturated carbocycles. The van der Waals surface area contributed by atoms with E-state index in [2.05, 4.69) is 10.3 Å². The van der Waals surface area contributed by atoms with Crippen LogP contribution in [0.1, 0.15) is 63.4 Å². The van der Waals surface area contributed by atoms with E-state index in [1.807, 2.05) is 6.07 Å². The standard InChI is InChI=1S/C20H32N4O2S.HI/c21-20(23-18-10-4-1-2-5-11-18)22-16-17-9-8-12-19(15-17)27(25,26)24-13-6-3-7-14-24;/h8-9,12,15,18H,1-7,10-11,13-14,16H2,(H3,21,22,23);1H. The second-order valence-electron chi connectivity index (χ2n) is 7.65. The molecule has 28 heavy (non-hydrogen) atoms. The normalized spacial score (nSPS) is 20.2. The summed E-state index contributed by atoms with van der Waals surface area (Å²) in [6, 6.07) is 7.49. The first-order valence-electron chi connectivity index (χ1n) is 10.2. The van der Waals surface area contributed by atoms with Crippen molar-refractivity contribution in [1.82, 2.24) is 9.62 Å². The number of nitrogens with one attached hydrogen (secondary N) is 1. The Morgan fingerprint density at radius 1 is 1.07 bits per heavy atom. The summed E-state index contributed by atoms with van der Waals surface area (Å²) in [4.78, 5) is 4.78. The van der Waals surface area contributed by atoms with Crippen molar-refractivity contribution in [3.05, 3.63) is 29.8 Å². The Labute approximate surface area is 186 Å². The number of nitrogens with two attached hydrogens (primary N) is 1. The van der Waals surface area contributed by atoms with Crippen LogP contribution in [0.4, 0.5) is 0 Å². The molecule has 8 heteroatoms. The van der Waals surface area contributed by atoms with Gasteiger partial charge < -0.3 is 11.1 Å². The van der Waals surface area contributed by atoms with E-state index in [9.17, 15) is 8.42 Å². The van der Waals surface area contributed by atoms with Gasteiger partial charge in [0.05, 0.1) is 11.4 Å². The molecule has 0 spiro atoms. The number of piperidine rings is 1. The lowest BCUT2D eigenvalue weighted by molar-refractivity contribution is 0.346. The maximum atomic E-state index is 12.8. The highest BCUT2D eigenvalue weighted by Crippen LogP contribution is 2.21. The molecule has 0 atom stereocenters. The molecule has 1 aliphatic heterocycles. The topological polar surface area (TPSA) is 87.8 Å². The predicted molar refractivity (Wildman–Crippen MR) is 124 cm³/mol. The molecule has 0 unspecified atom stereocenters. The average Bonchev–Trinajstić information content (AvgIpc) is 2.96. The molecule has 6 nitrogen and oxygen atoms in total. The number of sulfonamides is 1. The van der Waals surface area contributed by atoms with Crippen LogP contribution in [0.15, 0.2) is 34.2 Å². The van der Waals surface area contributed by atoms with Crippen LogP contribution in [-0.4, -0.2) is 37.8 Å². The number of hydrogen-bond donors (Lipinski definition) is 2. The summed E-state index contributed by atoms with van der Waals surface area (Å²) in [6.45, 7) is 1.61. The largest absolute Gasteiger partial charge is 0.370 e. The highest BCUT2D eigenvalue weighted by molar-refractivity contribution is 14.0. The second-order valence-corrected chi connectivity index (χ2v) is 9.58. The number of halogens is 1. The fourth-order valence-electron chi connectivity index (χ4n) is 3.91. The Morgan fingerprint density at radius 2 is 1.71 bits per heavy atom. The lowest BCUT2D eigenvalue weighted by Gasteiger charge is -2.26.